The van der Waals surface area contributed by atoms with Crippen LogP contribution in [0.3, 0.4) is 0 Å². The number of carbonyl (C=O) groups excluding carboxylic acids is 2. The first kappa shape index (κ1) is 14.1. The molecule has 3 fully saturated rings. The largest absolute Gasteiger partial charge is 0.350 e. The van der Waals surface area contributed by atoms with Gasteiger partial charge in [0.2, 0.25) is 0 Å². The van der Waals surface area contributed by atoms with Crippen molar-refractivity contribution < 1.29 is 14.3 Å². The number of rotatable bonds is 2. The van der Waals surface area contributed by atoms with E-state index in [2.05, 4.69) is 0 Å². The first-order valence-corrected chi connectivity index (χ1v) is 8.36. The van der Waals surface area contributed by atoms with Crippen molar-refractivity contribution in [1.82, 2.24) is 0 Å². The third kappa shape index (κ3) is 1.27. The summed E-state index contributed by atoms with van der Waals surface area (Å²) in [5.41, 5.74) is -0.170. The Bertz CT molecular complexity index is 833. The number of hydrogen-bond acceptors (Lipinski definition) is 3. The summed E-state index contributed by atoms with van der Waals surface area (Å²) < 4.78 is 5.52. The molecule has 0 amide bonds. The van der Waals surface area contributed by atoms with Gasteiger partial charge in [0.15, 0.2) is 23.3 Å². The molecule has 2 saturated carbocycles. The number of Topliss-reactive ketones (excluding diaryl/α,β-unsaturated/α-hetero) is 2. The number of ketones is 2. The Balaban J connectivity index is 1.80. The number of hydrogen-bond donors (Lipinski definition) is 0. The van der Waals surface area contributed by atoms with Crippen LogP contribution in [0.1, 0.15) is 25.0 Å². The molecule has 2 aromatic carbocycles. The van der Waals surface area contributed by atoms with E-state index in [0.717, 1.165) is 11.1 Å². The summed E-state index contributed by atoms with van der Waals surface area (Å²) in [5, 5.41) is 0. The molecule has 24 heavy (non-hydrogen) atoms. The van der Waals surface area contributed by atoms with Crippen molar-refractivity contribution in [3.05, 3.63) is 71.8 Å². The molecule has 1 saturated heterocycles. The van der Waals surface area contributed by atoms with Crippen LogP contribution in [-0.2, 0) is 19.7 Å². The summed E-state index contributed by atoms with van der Waals surface area (Å²) in [4.78, 5) is 26.3. The fourth-order valence-corrected chi connectivity index (χ4v) is 5.31. The number of carbonyl (C=O) groups is 2. The van der Waals surface area contributed by atoms with Crippen molar-refractivity contribution in [3.8, 4) is 0 Å². The predicted octanol–water partition coefficient (Wildman–Crippen LogP) is 2.92. The molecule has 0 N–H and O–H groups in total. The van der Waals surface area contributed by atoms with Crippen LogP contribution >= 0.6 is 0 Å². The molecule has 1 aliphatic heterocycles. The van der Waals surface area contributed by atoms with Gasteiger partial charge in [-0.15, -0.1) is 0 Å². The highest BCUT2D eigenvalue weighted by Crippen LogP contribution is 2.78. The molecule has 1 unspecified atom stereocenters. The van der Waals surface area contributed by atoms with Crippen LogP contribution in [0, 0.1) is 11.3 Å². The van der Waals surface area contributed by atoms with Gasteiger partial charge in [-0.2, -0.15) is 0 Å². The summed E-state index contributed by atoms with van der Waals surface area (Å²) in [6.07, 6.45) is -0.558. The minimum absolute atomic E-state index is 0.0670. The Labute approximate surface area is 140 Å². The average molecular weight is 318 g/mol. The second-order valence-corrected chi connectivity index (χ2v) is 7.51. The smallest absolute Gasteiger partial charge is 0.175 e. The second-order valence-electron chi connectivity index (χ2n) is 7.51. The summed E-state index contributed by atoms with van der Waals surface area (Å²) in [5.74, 6) is -0.201. The van der Waals surface area contributed by atoms with Gasteiger partial charge in [0.05, 0.1) is 5.41 Å². The Morgan fingerprint density at radius 1 is 0.833 bits per heavy atom. The van der Waals surface area contributed by atoms with Crippen LogP contribution in [0.15, 0.2) is 60.7 Å². The second kappa shape index (κ2) is 4.04. The maximum Gasteiger partial charge on any atom is 0.175 e. The number of fused-ring (bicyclic) bond motifs is 2. The van der Waals surface area contributed by atoms with Crippen LogP contribution in [-0.4, -0.2) is 23.3 Å². The lowest BCUT2D eigenvalue weighted by Crippen LogP contribution is -2.40. The molecule has 0 radical (unpaired) electrons. The topological polar surface area (TPSA) is 46.7 Å². The zero-order valence-electron chi connectivity index (χ0n) is 13.7. The van der Waals surface area contributed by atoms with Gasteiger partial charge < -0.3 is 4.74 Å². The molecule has 3 nitrogen and oxygen atoms in total. The van der Waals surface area contributed by atoms with Gasteiger partial charge in [0.1, 0.15) is 0 Å². The molecule has 3 heteroatoms. The third-order valence-corrected chi connectivity index (χ3v) is 6.48. The van der Waals surface area contributed by atoms with Crippen LogP contribution in [0.5, 0.6) is 0 Å². The van der Waals surface area contributed by atoms with Gasteiger partial charge in [-0.1, -0.05) is 67.6 Å². The molecule has 0 aromatic heterocycles. The lowest BCUT2D eigenvalue weighted by Gasteiger charge is -2.24. The molecule has 5 rings (SSSR count). The number of ether oxygens (including phenoxy) is 1. The van der Waals surface area contributed by atoms with Gasteiger partial charge >= 0.3 is 0 Å². The molecule has 4 atom stereocenters. The normalized spacial score (nSPS) is 38.2. The van der Waals surface area contributed by atoms with E-state index >= 15 is 0 Å². The van der Waals surface area contributed by atoms with Gasteiger partial charge in [0, 0.05) is 11.3 Å². The highest BCUT2D eigenvalue weighted by molar-refractivity contribution is 6.17. The van der Waals surface area contributed by atoms with E-state index in [1.54, 1.807) is 6.92 Å². The fourth-order valence-electron chi connectivity index (χ4n) is 5.31. The minimum atomic E-state index is -0.923. The van der Waals surface area contributed by atoms with Gasteiger partial charge in [0.25, 0.3) is 0 Å². The standard InChI is InChI=1S/C21H18O3/c1-19-16(15(22)17-20(2,24-17)18(19)23)21(19,13-9-5-3-6-10-13)14-11-7-4-8-12-14/h3-12,16-17H,1-2H3/t16?,17-,19-,20-/m0/s1. The van der Waals surface area contributed by atoms with Crippen molar-refractivity contribution in [1.29, 1.82) is 0 Å². The van der Waals surface area contributed by atoms with Crippen molar-refractivity contribution in [2.75, 3.05) is 0 Å². The van der Waals surface area contributed by atoms with Gasteiger partial charge in [-0.3, -0.25) is 9.59 Å². The molecular weight excluding hydrogens is 300 g/mol. The minimum Gasteiger partial charge on any atom is -0.350 e. The fraction of sp³-hybridized carbons (Fsp3) is 0.333. The molecule has 2 aromatic rings. The number of benzene rings is 2. The molecule has 120 valence electrons. The molecule has 2 aliphatic carbocycles. The van der Waals surface area contributed by atoms with Crippen LogP contribution < -0.4 is 0 Å². The van der Waals surface area contributed by atoms with E-state index in [9.17, 15) is 9.59 Å². The summed E-state index contributed by atoms with van der Waals surface area (Å²) >= 11 is 0. The molecular formula is C21H18O3. The average Bonchev–Trinajstić information content (AvgIpc) is 3.47. The Morgan fingerprint density at radius 2 is 1.33 bits per heavy atom. The Hall–Kier alpha value is -2.26. The lowest BCUT2D eigenvalue weighted by atomic mass is 9.76. The van der Waals surface area contributed by atoms with Crippen molar-refractivity contribution in [3.63, 3.8) is 0 Å². The maximum atomic E-state index is 13.3. The maximum absolute atomic E-state index is 13.3. The predicted molar refractivity (Wildman–Crippen MR) is 88.6 cm³/mol. The SMILES string of the molecule is C[C@]12O[C@H]1C(=O)C1C(c3ccccc3)(c3ccccc3)[C@]1(C)C2=O. The van der Waals surface area contributed by atoms with Crippen molar-refractivity contribution in [2.24, 2.45) is 11.3 Å². The molecule has 3 aliphatic rings. The van der Waals surface area contributed by atoms with Crippen LogP contribution in [0.4, 0.5) is 0 Å². The van der Waals surface area contributed by atoms with E-state index in [4.69, 9.17) is 4.74 Å². The highest BCUT2D eigenvalue weighted by Gasteiger charge is 2.90. The van der Waals surface area contributed by atoms with E-state index in [1.165, 1.54) is 0 Å². The van der Waals surface area contributed by atoms with E-state index in [1.807, 2.05) is 67.6 Å². The van der Waals surface area contributed by atoms with E-state index in [-0.39, 0.29) is 17.5 Å². The summed E-state index contributed by atoms with van der Waals surface area (Å²) in [6, 6.07) is 20.0. The zero-order valence-corrected chi connectivity index (χ0v) is 13.7. The first-order valence-electron chi connectivity index (χ1n) is 8.36. The molecule has 1 heterocycles. The van der Waals surface area contributed by atoms with Crippen molar-refractivity contribution >= 4 is 11.6 Å². The van der Waals surface area contributed by atoms with Gasteiger partial charge in [-0.05, 0) is 18.1 Å². The van der Waals surface area contributed by atoms with Crippen LogP contribution in [0.25, 0.3) is 0 Å². The Morgan fingerprint density at radius 3 is 1.83 bits per heavy atom. The quantitative estimate of drug-likeness (QED) is 0.800. The van der Waals surface area contributed by atoms with E-state index < -0.39 is 22.5 Å². The lowest BCUT2D eigenvalue weighted by molar-refractivity contribution is -0.133. The third-order valence-electron chi connectivity index (χ3n) is 6.48. The summed E-state index contributed by atoms with van der Waals surface area (Å²) in [7, 11) is 0. The van der Waals surface area contributed by atoms with Gasteiger partial charge in [-0.25, -0.2) is 0 Å². The zero-order chi connectivity index (χ0) is 16.7. The number of epoxide rings is 1. The van der Waals surface area contributed by atoms with E-state index in [0.29, 0.717) is 0 Å². The van der Waals surface area contributed by atoms with Crippen molar-refractivity contribution in [2.45, 2.75) is 31.0 Å². The molecule has 0 spiro atoms. The highest BCUT2D eigenvalue weighted by atomic mass is 16.6. The van der Waals surface area contributed by atoms with Crippen LogP contribution in [0.2, 0.25) is 0 Å². The summed E-state index contributed by atoms with van der Waals surface area (Å²) in [6.45, 7) is 3.71. The Kier molecular flexibility index (Phi) is 2.37. The monoisotopic (exact) mass is 318 g/mol. The first-order chi connectivity index (χ1) is 11.5. The molecule has 0 bridgehead atoms.